The van der Waals surface area contributed by atoms with Gasteiger partial charge in [0, 0.05) is 17.8 Å². The average Bonchev–Trinajstić information content (AvgIpc) is 2.71. The Kier molecular flexibility index (Phi) is 4.37. The maximum atomic E-state index is 12.7. The standard InChI is InChI=1S/C11H12F3N3O/c1-4-5-18-16-10(11(12,13)14)9-6-15-17(7-9)8(2)3/h1,6-8H,5H2,2-3H3/b16-10-. The monoisotopic (exact) mass is 259 g/mol. The molecule has 0 spiro atoms. The van der Waals surface area contributed by atoms with E-state index < -0.39 is 11.9 Å². The summed E-state index contributed by atoms with van der Waals surface area (Å²) in [4.78, 5) is 4.39. The van der Waals surface area contributed by atoms with Gasteiger partial charge < -0.3 is 4.84 Å². The van der Waals surface area contributed by atoms with Crippen LogP contribution in [-0.4, -0.2) is 28.3 Å². The van der Waals surface area contributed by atoms with E-state index in [1.807, 2.05) is 5.92 Å². The molecule has 98 valence electrons. The first-order valence-electron chi connectivity index (χ1n) is 5.11. The number of oxime groups is 1. The van der Waals surface area contributed by atoms with Crippen LogP contribution in [0.15, 0.2) is 17.5 Å². The van der Waals surface area contributed by atoms with Gasteiger partial charge in [-0.3, -0.25) is 4.68 Å². The van der Waals surface area contributed by atoms with Crippen LogP contribution in [0.3, 0.4) is 0 Å². The molecule has 1 aromatic rings. The molecule has 1 rings (SSSR count). The van der Waals surface area contributed by atoms with Crippen molar-refractivity contribution in [1.82, 2.24) is 9.78 Å². The van der Waals surface area contributed by atoms with E-state index in [9.17, 15) is 13.2 Å². The van der Waals surface area contributed by atoms with Crippen LogP contribution in [-0.2, 0) is 4.84 Å². The number of hydrogen-bond donors (Lipinski definition) is 0. The van der Waals surface area contributed by atoms with Crippen LogP contribution in [0.1, 0.15) is 25.5 Å². The van der Waals surface area contributed by atoms with Gasteiger partial charge in [-0.15, -0.1) is 6.42 Å². The number of halogens is 3. The first-order valence-corrected chi connectivity index (χ1v) is 5.11. The predicted molar refractivity (Wildman–Crippen MR) is 60.0 cm³/mol. The normalized spacial score (nSPS) is 12.6. The van der Waals surface area contributed by atoms with Gasteiger partial charge in [0.15, 0.2) is 12.3 Å². The Morgan fingerprint density at radius 1 is 1.61 bits per heavy atom. The van der Waals surface area contributed by atoms with Gasteiger partial charge in [-0.2, -0.15) is 18.3 Å². The molecule has 0 aliphatic carbocycles. The topological polar surface area (TPSA) is 39.4 Å². The molecule has 0 aliphatic rings. The van der Waals surface area contributed by atoms with Crippen LogP contribution in [0, 0.1) is 12.3 Å². The summed E-state index contributed by atoms with van der Waals surface area (Å²) < 4.78 is 39.6. The zero-order chi connectivity index (χ0) is 13.8. The van der Waals surface area contributed by atoms with E-state index >= 15 is 0 Å². The van der Waals surface area contributed by atoms with Crippen LogP contribution in [0.25, 0.3) is 0 Å². The van der Waals surface area contributed by atoms with Crippen molar-refractivity contribution < 1.29 is 18.0 Å². The third-order valence-corrected chi connectivity index (χ3v) is 1.98. The van der Waals surface area contributed by atoms with Crippen molar-refractivity contribution in [2.24, 2.45) is 5.16 Å². The molecule has 0 fully saturated rings. The number of hydrogen-bond acceptors (Lipinski definition) is 3. The van der Waals surface area contributed by atoms with E-state index in [1.165, 1.54) is 10.9 Å². The summed E-state index contributed by atoms with van der Waals surface area (Å²) in [5.74, 6) is 2.03. The Bertz CT molecular complexity index is 469. The van der Waals surface area contributed by atoms with Crippen LogP contribution < -0.4 is 0 Å². The van der Waals surface area contributed by atoms with Gasteiger partial charge in [-0.1, -0.05) is 11.1 Å². The van der Waals surface area contributed by atoms with Crippen LogP contribution in [0.4, 0.5) is 13.2 Å². The number of aromatic nitrogens is 2. The smallest absolute Gasteiger partial charge is 0.382 e. The molecule has 0 saturated carbocycles. The maximum Gasteiger partial charge on any atom is 0.437 e. The second-order valence-electron chi connectivity index (χ2n) is 3.72. The molecule has 0 N–H and O–H groups in total. The molecular formula is C11H12F3N3O. The highest BCUT2D eigenvalue weighted by Crippen LogP contribution is 2.23. The lowest BCUT2D eigenvalue weighted by Gasteiger charge is -2.08. The molecule has 4 nitrogen and oxygen atoms in total. The summed E-state index contributed by atoms with van der Waals surface area (Å²) >= 11 is 0. The van der Waals surface area contributed by atoms with E-state index in [1.54, 1.807) is 13.8 Å². The summed E-state index contributed by atoms with van der Waals surface area (Å²) in [6.07, 6.45) is 2.59. The van der Waals surface area contributed by atoms with Crippen molar-refractivity contribution >= 4 is 5.71 Å². The quantitative estimate of drug-likeness (QED) is 0.360. The molecule has 0 aliphatic heterocycles. The van der Waals surface area contributed by atoms with Gasteiger partial charge in [0.1, 0.15) is 0 Å². The van der Waals surface area contributed by atoms with E-state index in [0.717, 1.165) is 6.20 Å². The minimum Gasteiger partial charge on any atom is -0.382 e. The van der Waals surface area contributed by atoms with Crippen LogP contribution in [0.2, 0.25) is 0 Å². The maximum absolute atomic E-state index is 12.7. The fraction of sp³-hybridized carbons (Fsp3) is 0.455. The number of nitrogens with zero attached hydrogens (tertiary/aromatic N) is 3. The Labute approximate surface area is 102 Å². The first-order chi connectivity index (χ1) is 8.36. The predicted octanol–water partition coefficient (Wildman–Crippen LogP) is 2.38. The molecular weight excluding hydrogens is 247 g/mol. The van der Waals surface area contributed by atoms with Crippen molar-refractivity contribution in [1.29, 1.82) is 0 Å². The third kappa shape index (κ3) is 3.52. The lowest BCUT2D eigenvalue weighted by Crippen LogP contribution is -2.24. The molecule has 1 heterocycles. The minimum absolute atomic E-state index is 0.0418. The van der Waals surface area contributed by atoms with Crippen molar-refractivity contribution in [2.75, 3.05) is 6.61 Å². The molecule has 18 heavy (non-hydrogen) atoms. The molecule has 0 aromatic carbocycles. The Morgan fingerprint density at radius 2 is 2.28 bits per heavy atom. The van der Waals surface area contributed by atoms with Crippen molar-refractivity contribution in [2.45, 2.75) is 26.1 Å². The summed E-state index contributed by atoms with van der Waals surface area (Å²) in [5.41, 5.74) is -1.31. The van der Waals surface area contributed by atoms with Gasteiger partial charge in [0.2, 0.25) is 0 Å². The molecule has 0 radical (unpaired) electrons. The largest absolute Gasteiger partial charge is 0.437 e. The number of alkyl halides is 3. The van der Waals surface area contributed by atoms with Gasteiger partial charge in [0.05, 0.1) is 6.20 Å². The summed E-state index contributed by atoms with van der Waals surface area (Å²) in [7, 11) is 0. The van der Waals surface area contributed by atoms with Crippen LogP contribution >= 0.6 is 0 Å². The zero-order valence-electron chi connectivity index (χ0n) is 9.90. The highest BCUT2D eigenvalue weighted by molar-refractivity contribution is 6.03. The lowest BCUT2D eigenvalue weighted by atomic mass is 10.2. The van der Waals surface area contributed by atoms with Crippen molar-refractivity contribution in [3.05, 3.63) is 18.0 Å². The van der Waals surface area contributed by atoms with Crippen molar-refractivity contribution in [3.8, 4) is 12.3 Å². The third-order valence-electron chi connectivity index (χ3n) is 1.98. The van der Waals surface area contributed by atoms with Gasteiger partial charge in [-0.25, -0.2) is 0 Å². The number of rotatable bonds is 4. The van der Waals surface area contributed by atoms with E-state index in [2.05, 4.69) is 15.1 Å². The molecule has 0 amide bonds. The van der Waals surface area contributed by atoms with E-state index in [4.69, 9.17) is 6.42 Å². The molecule has 0 saturated heterocycles. The molecule has 7 heteroatoms. The van der Waals surface area contributed by atoms with E-state index in [-0.39, 0.29) is 18.2 Å². The fourth-order valence-corrected chi connectivity index (χ4v) is 1.14. The highest BCUT2D eigenvalue weighted by Gasteiger charge is 2.38. The molecule has 0 bridgehead atoms. The second kappa shape index (κ2) is 5.58. The first kappa shape index (κ1) is 14.1. The Morgan fingerprint density at radius 3 is 2.72 bits per heavy atom. The zero-order valence-corrected chi connectivity index (χ0v) is 9.90. The number of terminal acetylenes is 1. The summed E-state index contributed by atoms with van der Waals surface area (Å²) in [6, 6.07) is -0.0418. The highest BCUT2D eigenvalue weighted by atomic mass is 19.4. The van der Waals surface area contributed by atoms with Gasteiger partial charge >= 0.3 is 6.18 Å². The van der Waals surface area contributed by atoms with E-state index in [0.29, 0.717) is 0 Å². The molecule has 0 atom stereocenters. The summed E-state index contributed by atoms with van der Waals surface area (Å²) in [6.45, 7) is 3.28. The SMILES string of the molecule is C#CCO/N=C(/c1cnn(C(C)C)c1)C(F)(F)F. The van der Waals surface area contributed by atoms with Gasteiger partial charge in [-0.05, 0) is 13.8 Å². The van der Waals surface area contributed by atoms with Crippen LogP contribution in [0.5, 0.6) is 0 Å². The summed E-state index contributed by atoms with van der Waals surface area (Å²) in [5, 5.41) is 6.84. The molecule has 1 aromatic heterocycles. The minimum atomic E-state index is -4.63. The fourth-order valence-electron chi connectivity index (χ4n) is 1.14. The van der Waals surface area contributed by atoms with Gasteiger partial charge in [0.25, 0.3) is 0 Å². The Hall–Kier alpha value is -1.97. The molecule has 0 unspecified atom stereocenters. The lowest BCUT2D eigenvalue weighted by molar-refractivity contribution is -0.0611. The second-order valence-corrected chi connectivity index (χ2v) is 3.72. The van der Waals surface area contributed by atoms with Crippen molar-refractivity contribution in [3.63, 3.8) is 0 Å². The average molecular weight is 259 g/mol. The Balaban J connectivity index is 3.03.